The zero-order chi connectivity index (χ0) is 14.8. The number of rotatable bonds is 3. The molecule has 0 radical (unpaired) electrons. The predicted molar refractivity (Wildman–Crippen MR) is 82.1 cm³/mol. The van der Waals surface area contributed by atoms with Crippen molar-refractivity contribution in [2.75, 3.05) is 30.0 Å². The minimum Gasteiger partial charge on any atom is -0.497 e. The van der Waals surface area contributed by atoms with Crippen LogP contribution in [-0.4, -0.2) is 31.2 Å². The largest absolute Gasteiger partial charge is 0.497 e. The lowest BCUT2D eigenvalue weighted by atomic mass is 10.2. The van der Waals surface area contributed by atoms with Crippen LogP contribution < -0.4 is 14.5 Å². The Balaban J connectivity index is 1.88. The van der Waals surface area contributed by atoms with Gasteiger partial charge in [0.1, 0.15) is 5.75 Å². The van der Waals surface area contributed by atoms with E-state index in [1.54, 1.807) is 29.3 Å². The molecule has 0 N–H and O–H groups in total. The summed E-state index contributed by atoms with van der Waals surface area (Å²) in [5.41, 5.74) is 2.77. The Morgan fingerprint density at radius 2 is 2.00 bits per heavy atom. The number of urea groups is 1. The highest BCUT2D eigenvalue weighted by Gasteiger charge is 2.31. The number of anilines is 2. The van der Waals surface area contributed by atoms with E-state index in [4.69, 9.17) is 4.74 Å². The van der Waals surface area contributed by atoms with E-state index in [-0.39, 0.29) is 6.03 Å². The number of benzene rings is 1. The Labute approximate surface area is 123 Å². The first-order valence-electron chi connectivity index (χ1n) is 6.84. The third kappa shape index (κ3) is 2.42. The number of hydrogen-bond donors (Lipinski definition) is 0. The summed E-state index contributed by atoms with van der Waals surface area (Å²) in [5, 5.41) is 0. The van der Waals surface area contributed by atoms with E-state index in [2.05, 4.69) is 4.98 Å². The van der Waals surface area contributed by atoms with E-state index in [0.29, 0.717) is 13.1 Å². The molecule has 0 saturated carbocycles. The Bertz CT molecular complexity index is 672. The molecule has 1 aliphatic rings. The normalized spacial score (nSPS) is 14.7. The van der Waals surface area contributed by atoms with Crippen molar-refractivity contribution in [1.29, 1.82) is 0 Å². The summed E-state index contributed by atoms with van der Waals surface area (Å²) in [6.07, 6.45) is 3.47. The van der Waals surface area contributed by atoms with E-state index in [0.717, 1.165) is 22.7 Å². The Hall–Kier alpha value is -2.56. The molecular weight excluding hydrogens is 266 g/mol. The van der Waals surface area contributed by atoms with Gasteiger partial charge in [-0.3, -0.25) is 14.8 Å². The number of amides is 2. The van der Waals surface area contributed by atoms with Gasteiger partial charge in [-0.15, -0.1) is 0 Å². The number of carbonyl (C=O) groups is 1. The fourth-order valence-electron chi connectivity index (χ4n) is 2.52. The van der Waals surface area contributed by atoms with Crippen LogP contribution in [-0.2, 0) is 0 Å². The van der Waals surface area contributed by atoms with Crippen molar-refractivity contribution in [3.8, 4) is 5.75 Å². The number of carbonyl (C=O) groups excluding carboxylic acids is 1. The molecule has 3 rings (SSSR count). The van der Waals surface area contributed by atoms with Gasteiger partial charge in [-0.25, -0.2) is 4.79 Å². The van der Waals surface area contributed by atoms with Gasteiger partial charge in [0.05, 0.1) is 19.0 Å². The van der Waals surface area contributed by atoms with Gasteiger partial charge in [0.15, 0.2) is 0 Å². The lowest BCUT2D eigenvalue weighted by Crippen LogP contribution is -2.32. The van der Waals surface area contributed by atoms with Crippen LogP contribution >= 0.6 is 0 Å². The van der Waals surface area contributed by atoms with Crippen molar-refractivity contribution in [3.05, 3.63) is 48.3 Å². The number of ether oxygens (including phenoxy) is 1. The van der Waals surface area contributed by atoms with Crippen LogP contribution in [0.2, 0.25) is 0 Å². The third-order valence-electron chi connectivity index (χ3n) is 3.68. The monoisotopic (exact) mass is 283 g/mol. The first kappa shape index (κ1) is 13.4. The molecule has 1 saturated heterocycles. The van der Waals surface area contributed by atoms with Crippen molar-refractivity contribution in [2.24, 2.45) is 0 Å². The van der Waals surface area contributed by atoms with Gasteiger partial charge in [0.2, 0.25) is 0 Å². The molecule has 1 aromatic carbocycles. The molecule has 1 aromatic heterocycles. The average molecular weight is 283 g/mol. The smallest absolute Gasteiger partial charge is 0.329 e. The van der Waals surface area contributed by atoms with Gasteiger partial charge >= 0.3 is 6.03 Å². The van der Waals surface area contributed by atoms with Crippen LogP contribution in [0.5, 0.6) is 5.75 Å². The Morgan fingerprint density at radius 1 is 1.19 bits per heavy atom. The highest BCUT2D eigenvalue weighted by molar-refractivity contribution is 6.06. The van der Waals surface area contributed by atoms with Crippen LogP contribution in [0.3, 0.4) is 0 Å². The Kier molecular flexibility index (Phi) is 3.48. The molecular formula is C16H17N3O2. The molecule has 0 unspecified atom stereocenters. The summed E-state index contributed by atoms with van der Waals surface area (Å²) in [6, 6.07) is 9.43. The first-order valence-corrected chi connectivity index (χ1v) is 6.84. The third-order valence-corrected chi connectivity index (χ3v) is 3.68. The summed E-state index contributed by atoms with van der Waals surface area (Å²) in [7, 11) is 1.62. The SMILES string of the molecule is COc1cccc(N2CCN(c3cnccc3C)C2=O)c1. The fourth-order valence-corrected chi connectivity index (χ4v) is 2.52. The molecule has 2 amide bonds. The van der Waals surface area contributed by atoms with E-state index in [9.17, 15) is 4.79 Å². The molecule has 5 heteroatoms. The lowest BCUT2D eigenvalue weighted by molar-refractivity contribution is 0.256. The standard InChI is InChI=1S/C16H17N3O2/c1-12-6-7-17-11-15(12)19-9-8-18(16(19)20)13-4-3-5-14(10-13)21-2/h3-7,10-11H,8-9H2,1-2H3. The van der Waals surface area contributed by atoms with Crippen molar-refractivity contribution in [2.45, 2.75) is 6.92 Å². The molecule has 5 nitrogen and oxygen atoms in total. The number of hydrogen-bond acceptors (Lipinski definition) is 3. The maximum absolute atomic E-state index is 12.6. The average Bonchev–Trinajstić information content (AvgIpc) is 2.89. The van der Waals surface area contributed by atoms with E-state index in [1.807, 2.05) is 37.3 Å². The molecule has 21 heavy (non-hydrogen) atoms. The minimum absolute atomic E-state index is 0.0284. The van der Waals surface area contributed by atoms with Crippen molar-refractivity contribution >= 4 is 17.4 Å². The molecule has 0 atom stereocenters. The molecule has 0 bridgehead atoms. The Morgan fingerprint density at radius 3 is 2.76 bits per heavy atom. The second-order valence-electron chi connectivity index (χ2n) is 4.95. The van der Waals surface area contributed by atoms with E-state index < -0.39 is 0 Å². The summed E-state index contributed by atoms with van der Waals surface area (Å²) in [6.45, 7) is 3.29. The maximum Gasteiger partial charge on any atom is 0.329 e. The lowest BCUT2D eigenvalue weighted by Gasteiger charge is -2.20. The van der Waals surface area contributed by atoms with E-state index in [1.165, 1.54) is 0 Å². The number of aromatic nitrogens is 1. The van der Waals surface area contributed by atoms with Crippen LogP contribution in [0.1, 0.15) is 5.56 Å². The van der Waals surface area contributed by atoms with Crippen LogP contribution in [0.4, 0.5) is 16.2 Å². The highest BCUT2D eigenvalue weighted by Crippen LogP contribution is 2.28. The van der Waals surface area contributed by atoms with Crippen molar-refractivity contribution in [3.63, 3.8) is 0 Å². The summed E-state index contributed by atoms with van der Waals surface area (Å²) in [4.78, 5) is 20.3. The predicted octanol–water partition coefficient (Wildman–Crippen LogP) is 2.85. The summed E-state index contributed by atoms with van der Waals surface area (Å²) >= 11 is 0. The minimum atomic E-state index is -0.0284. The van der Waals surface area contributed by atoms with Crippen molar-refractivity contribution < 1.29 is 9.53 Å². The van der Waals surface area contributed by atoms with Crippen molar-refractivity contribution in [1.82, 2.24) is 4.98 Å². The van der Waals surface area contributed by atoms with Gasteiger partial charge in [-0.1, -0.05) is 6.07 Å². The number of methoxy groups -OCH3 is 1. The van der Waals surface area contributed by atoms with Crippen LogP contribution in [0, 0.1) is 6.92 Å². The quantitative estimate of drug-likeness (QED) is 0.870. The van der Waals surface area contributed by atoms with Gasteiger partial charge < -0.3 is 4.74 Å². The molecule has 108 valence electrons. The zero-order valence-electron chi connectivity index (χ0n) is 12.1. The second kappa shape index (κ2) is 5.44. The van der Waals surface area contributed by atoms with Gasteiger partial charge in [-0.05, 0) is 30.7 Å². The number of aryl methyl sites for hydroxylation is 1. The maximum atomic E-state index is 12.6. The van der Waals surface area contributed by atoms with E-state index >= 15 is 0 Å². The molecule has 1 fully saturated rings. The molecule has 0 aliphatic carbocycles. The molecule has 2 aromatic rings. The molecule has 1 aliphatic heterocycles. The summed E-state index contributed by atoms with van der Waals surface area (Å²) < 4.78 is 5.22. The number of nitrogens with zero attached hydrogens (tertiary/aromatic N) is 3. The van der Waals surface area contributed by atoms with Crippen LogP contribution in [0.15, 0.2) is 42.7 Å². The second-order valence-corrected chi connectivity index (χ2v) is 4.95. The van der Waals surface area contributed by atoms with Gasteiger partial charge in [0.25, 0.3) is 0 Å². The first-order chi connectivity index (χ1) is 10.2. The van der Waals surface area contributed by atoms with Crippen LogP contribution in [0.25, 0.3) is 0 Å². The molecule has 0 spiro atoms. The number of pyridine rings is 1. The fraction of sp³-hybridized carbons (Fsp3) is 0.250. The molecule has 2 heterocycles. The topological polar surface area (TPSA) is 45.7 Å². The highest BCUT2D eigenvalue weighted by atomic mass is 16.5. The van der Waals surface area contributed by atoms with Gasteiger partial charge in [-0.2, -0.15) is 0 Å². The summed E-state index contributed by atoms with van der Waals surface area (Å²) in [5.74, 6) is 0.747. The van der Waals surface area contributed by atoms with Gasteiger partial charge in [0, 0.05) is 31.0 Å². The zero-order valence-corrected chi connectivity index (χ0v) is 12.1.